The van der Waals surface area contributed by atoms with Crippen molar-refractivity contribution in [1.29, 1.82) is 0 Å². The maximum atomic E-state index is 12.3. The van der Waals surface area contributed by atoms with Gasteiger partial charge in [-0.25, -0.2) is 4.79 Å². The summed E-state index contributed by atoms with van der Waals surface area (Å²) in [5, 5.41) is 12.1. The summed E-state index contributed by atoms with van der Waals surface area (Å²) in [7, 11) is 0. The van der Waals surface area contributed by atoms with Crippen LogP contribution in [0.5, 0.6) is 5.75 Å². The number of rotatable bonds is 6. The first-order valence-electron chi connectivity index (χ1n) is 7.29. The smallest absolute Gasteiger partial charge is 0.328 e. The molecule has 0 unspecified atom stereocenters. The Hall–Kier alpha value is -2.50. The molecule has 0 radical (unpaired) electrons. The Labute approximate surface area is 154 Å². The van der Waals surface area contributed by atoms with Crippen LogP contribution in [0.4, 0.5) is 5.69 Å². The van der Waals surface area contributed by atoms with E-state index in [1.54, 1.807) is 43.3 Å². The Morgan fingerprint density at radius 3 is 2.64 bits per heavy atom. The normalized spacial score (nSPS) is 12.0. The van der Waals surface area contributed by atoms with Crippen molar-refractivity contribution in [2.24, 2.45) is 0 Å². The summed E-state index contributed by atoms with van der Waals surface area (Å²) in [6.45, 7) is 1.59. The predicted octanol–water partition coefficient (Wildman–Crippen LogP) is 4.50. The van der Waals surface area contributed by atoms with Gasteiger partial charge in [-0.2, -0.15) is 0 Å². The number of carbonyl (C=O) groups is 2. The van der Waals surface area contributed by atoms with Gasteiger partial charge >= 0.3 is 5.97 Å². The third kappa shape index (κ3) is 5.81. The van der Waals surface area contributed by atoms with Crippen LogP contribution in [0.3, 0.4) is 0 Å². The van der Waals surface area contributed by atoms with Gasteiger partial charge in [-0.05, 0) is 48.9 Å². The fraction of sp³-hybridized carbons (Fsp3) is 0.111. The third-order valence-electron chi connectivity index (χ3n) is 3.14. The number of hydrogen-bond donors (Lipinski definition) is 2. The van der Waals surface area contributed by atoms with Gasteiger partial charge in [0.1, 0.15) is 5.75 Å². The van der Waals surface area contributed by atoms with E-state index in [9.17, 15) is 9.59 Å². The highest BCUT2D eigenvalue weighted by atomic mass is 35.5. The molecule has 2 aromatic rings. The molecule has 0 heterocycles. The standard InChI is InChI=1S/C18H15Cl2NO4/c1-11(25-16-7-6-13(19)10-15(16)20)18(24)21-14-4-2-3-12(9-14)5-8-17(22)23/h2-11H,1H3,(H,21,24)(H,22,23)/b8-5+/t11-/m0/s1. The van der Waals surface area contributed by atoms with E-state index < -0.39 is 12.1 Å². The monoisotopic (exact) mass is 379 g/mol. The molecular formula is C18H15Cl2NO4. The molecule has 1 amide bonds. The van der Waals surface area contributed by atoms with Gasteiger partial charge in [-0.15, -0.1) is 0 Å². The molecule has 0 spiro atoms. The first-order valence-corrected chi connectivity index (χ1v) is 8.04. The zero-order valence-electron chi connectivity index (χ0n) is 13.2. The Bertz CT molecular complexity index is 820. The molecule has 130 valence electrons. The van der Waals surface area contributed by atoms with E-state index in [0.29, 0.717) is 27.0 Å². The van der Waals surface area contributed by atoms with Gasteiger partial charge in [-0.1, -0.05) is 35.3 Å². The molecule has 25 heavy (non-hydrogen) atoms. The molecule has 0 saturated carbocycles. The molecule has 0 aliphatic carbocycles. The van der Waals surface area contributed by atoms with Crippen LogP contribution in [-0.2, 0) is 9.59 Å². The number of carbonyl (C=O) groups excluding carboxylic acids is 1. The van der Waals surface area contributed by atoms with E-state index >= 15 is 0 Å². The van der Waals surface area contributed by atoms with Crippen molar-refractivity contribution in [3.63, 3.8) is 0 Å². The summed E-state index contributed by atoms with van der Waals surface area (Å²) in [4.78, 5) is 22.8. The molecule has 5 nitrogen and oxygen atoms in total. The van der Waals surface area contributed by atoms with E-state index in [1.165, 1.54) is 12.1 Å². The van der Waals surface area contributed by atoms with Crippen molar-refractivity contribution < 1.29 is 19.4 Å². The van der Waals surface area contributed by atoms with Crippen LogP contribution in [0.1, 0.15) is 12.5 Å². The number of nitrogens with one attached hydrogen (secondary N) is 1. The molecule has 2 aromatic carbocycles. The van der Waals surface area contributed by atoms with E-state index in [2.05, 4.69) is 5.32 Å². The zero-order valence-corrected chi connectivity index (χ0v) is 14.7. The van der Waals surface area contributed by atoms with Crippen molar-refractivity contribution in [2.75, 3.05) is 5.32 Å². The Morgan fingerprint density at radius 1 is 1.20 bits per heavy atom. The number of halogens is 2. The average Bonchev–Trinajstić information content (AvgIpc) is 2.55. The molecular weight excluding hydrogens is 365 g/mol. The number of carboxylic acids is 1. The minimum Gasteiger partial charge on any atom is -0.479 e. The number of carboxylic acid groups (broad SMARTS) is 1. The number of hydrogen-bond acceptors (Lipinski definition) is 3. The van der Waals surface area contributed by atoms with E-state index in [-0.39, 0.29) is 5.91 Å². The predicted molar refractivity (Wildman–Crippen MR) is 98.3 cm³/mol. The summed E-state index contributed by atoms with van der Waals surface area (Å²) in [5.74, 6) is -1.06. The van der Waals surface area contributed by atoms with Crippen LogP contribution in [0, 0.1) is 0 Å². The van der Waals surface area contributed by atoms with Crippen molar-refractivity contribution in [3.05, 3.63) is 64.1 Å². The molecule has 2 N–H and O–H groups in total. The summed E-state index contributed by atoms with van der Waals surface area (Å²) >= 11 is 11.8. The molecule has 0 saturated heterocycles. The lowest BCUT2D eigenvalue weighted by Crippen LogP contribution is -2.30. The van der Waals surface area contributed by atoms with Crippen LogP contribution in [0.15, 0.2) is 48.5 Å². The third-order valence-corrected chi connectivity index (χ3v) is 3.67. The topological polar surface area (TPSA) is 75.6 Å². The second kappa shape index (κ2) is 8.55. The highest BCUT2D eigenvalue weighted by molar-refractivity contribution is 6.35. The molecule has 0 aliphatic rings. The Morgan fingerprint density at radius 2 is 1.96 bits per heavy atom. The fourth-order valence-corrected chi connectivity index (χ4v) is 2.40. The SMILES string of the molecule is C[C@H](Oc1ccc(Cl)cc1Cl)C(=O)Nc1cccc(/C=C/C(=O)O)c1. The van der Waals surface area contributed by atoms with Gasteiger partial charge in [-0.3, -0.25) is 4.79 Å². The summed E-state index contributed by atoms with van der Waals surface area (Å²) < 4.78 is 5.55. The molecule has 0 aliphatic heterocycles. The van der Waals surface area contributed by atoms with E-state index in [4.69, 9.17) is 33.0 Å². The van der Waals surface area contributed by atoms with Crippen LogP contribution in [0.25, 0.3) is 6.08 Å². The highest BCUT2D eigenvalue weighted by Crippen LogP contribution is 2.28. The molecule has 2 rings (SSSR count). The molecule has 1 atom stereocenters. The summed E-state index contributed by atoms with van der Waals surface area (Å²) in [5.41, 5.74) is 1.17. The molecule has 0 bridgehead atoms. The van der Waals surface area contributed by atoms with Crippen molar-refractivity contribution >= 4 is 46.8 Å². The van der Waals surface area contributed by atoms with Crippen LogP contribution in [-0.4, -0.2) is 23.1 Å². The van der Waals surface area contributed by atoms with Gasteiger partial charge < -0.3 is 15.2 Å². The maximum absolute atomic E-state index is 12.3. The average molecular weight is 380 g/mol. The first kappa shape index (κ1) is 18.8. The van der Waals surface area contributed by atoms with Crippen LogP contribution in [0.2, 0.25) is 10.0 Å². The largest absolute Gasteiger partial charge is 0.479 e. The lowest BCUT2D eigenvalue weighted by Gasteiger charge is -2.16. The van der Waals surface area contributed by atoms with Crippen LogP contribution >= 0.6 is 23.2 Å². The Balaban J connectivity index is 2.03. The maximum Gasteiger partial charge on any atom is 0.328 e. The van der Waals surface area contributed by atoms with Crippen LogP contribution < -0.4 is 10.1 Å². The zero-order chi connectivity index (χ0) is 18.4. The van der Waals surface area contributed by atoms with E-state index in [1.807, 2.05) is 0 Å². The molecule has 0 fully saturated rings. The number of ether oxygens (including phenoxy) is 1. The second-order valence-corrected chi connectivity index (χ2v) is 5.96. The van der Waals surface area contributed by atoms with Gasteiger partial charge in [0.25, 0.3) is 5.91 Å². The van der Waals surface area contributed by atoms with E-state index in [0.717, 1.165) is 6.08 Å². The summed E-state index contributed by atoms with van der Waals surface area (Å²) in [6, 6.07) is 11.5. The van der Waals surface area contributed by atoms with Crippen molar-refractivity contribution in [2.45, 2.75) is 13.0 Å². The molecule has 0 aromatic heterocycles. The lowest BCUT2D eigenvalue weighted by atomic mass is 10.2. The number of amides is 1. The first-order chi connectivity index (χ1) is 11.8. The number of aliphatic carboxylic acids is 1. The fourth-order valence-electron chi connectivity index (χ4n) is 1.95. The Kier molecular flexibility index (Phi) is 6.44. The van der Waals surface area contributed by atoms with Gasteiger partial charge in [0.05, 0.1) is 5.02 Å². The minimum absolute atomic E-state index is 0.313. The molecule has 7 heteroatoms. The highest BCUT2D eigenvalue weighted by Gasteiger charge is 2.16. The lowest BCUT2D eigenvalue weighted by molar-refractivity contribution is -0.131. The minimum atomic E-state index is -1.05. The number of anilines is 1. The van der Waals surface area contributed by atoms with Gasteiger partial charge in [0.2, 0.25) is 0 Å². The van der Waals surface area contributed by atoms with Gasteiger partial charge in [0, 0.05) is 16.8 Å². The summed E-state index contributed by atoms with van der Waals surface area (Å²) in [6.07, 6.45) is 1.66. The van der Waals surface area contributed by atoms with Crippen molar-refractivity contribution in [1.82, 2.24) is 0 Å². The second-order valence-electron chi connectivity index (χ2n) is 5.12. The van der Waals surface area contributed by atoms with Crippen molar-refractivity contribution in [3.8, 4) is 5.75 Å². The van der Waals surface area contributed by atoms with Gasteiger partial charge in [0.15, 0.2) is 6.10 Å². The number of benzene rings is 2. The quantitative estimate of drug-likeness (QED) is 0.724.